The number of aryl methyl sites for hydroxylation is 3. The summed E-state index contributed by atoms with van der Waals surface area (Å²) in [6.07, 6.45) is 2.00. The van der Waals surface area contributed by atoms with E-state index in [2.05, 4.69) is 17.1 Å². The van der Waals surface area contributed by atoms with E-state index in [0.717, 1.165) is 16.7 Å². The number of aldehydes is 1. The average Bonchev–Trinajstić information content (AvgIpc) is 2.64. The molecule has 0 unspecified atom stereocenters. The molecule has 2 aromatic rings. The van der Waals surface area contributed by atoms with Crippen molar-refractivity contribution in [3.8, 4) is 11.3 Å². The zero-order valence-corrected chi connectivity index (χ0v) is 9.57. The van der Waals surface area contributed by atoms with Crippen molar-refractivity contribution in [2.45, 2.75) is 20.8 Å². The molecule has 0 saturated heterocycles. The lowest BCUT2D eigenvalue weighted by Crippen LogP contribution is -1.93. The fourth-order valence-corrected chi connectivity index (χ4v) is 2.08. The first-order chi connectivity index (χ1) is 7.63. The van der Waals surface area contributed by atoms with Crippen LogP contribution in [0.1, 0.15) is 27.2 Å². The molecule has 0 N–H and O–H groups in total. The van der Waals surface area contributed by atoms with Crippen molar-refractivity contribution in [3.63, 3.8) is 0 Å². The van der Waals surface area contributed by atoms with E-state index in [1.165, 1.54) is 12.0 Å². The smallest absolute Gasteiger partial charge is 0.194 e. The van der Waals surface area contributed by atoms with Gasteiger partial charge in [0.25, 0.3) is 0 Å². The van der Waals surface area contributed by atoms with Gasteiger partial charge in [-0.05, 0) is 31.9 Å². The summed E-state index contributed by atoms with van der Waals surface area (Å²) in [6.45, 7) is 6.07. The zero-order chi connectivity index (χ0) is 11.7. The maximum atomic E-state index is 10.8. The topological polar surface area (TPSA) is 43.1 Å². The summed E-state index contributed by atoms with van der Waals surface area (Å²) in [5.74, 6) is 0.287. The summed E-state index contributed by atoms with van der Waals surface area (Å²) < 4.78 is 5.03. The molecule has 0 aliphatic rings. The lowest BCUT2D eigenvalue weighted by molar-refractivity contribution is 0.110. The van der Waals surface area contributed by atoms with Crippen molar-refractivity contribution in [1.29, 1.82) is 0 Å². The van der Waals surface area contributed by atoms with Crippen molar-refractivity contribution < 1.29 is 9.21 Å². The Kier molecular flexibility index (Phi) is 2.60. The molecule has 82 valence electrons. The zero-order valence-electron chi connectivity index (χ0n) is 9.57. The molecular formula is C13H13NO2. The molecule has 0 spiro atoms. The Balaban J connectivity index is 2.69. The first-order valence-corrected chi connectivity index (χ1v) is 5.10. The minimum absolute atomic E-state index is 0.287. The number of carbonyl (C=O) groups excluding carboxylic acids is 1. The van der Waals surface area contributed by atoms with Gasteiger partial charge < -0.3 is 4.42 Å². The molecule has 0 fully saturated rings. The van der Waals surface area contributed by atoms with Gasteiger partial charge in [0.05, 0.1) is 0 Å². The highest BCUT2D eigenvalue weighted by Crippen LogP contribution is 2.29. The number of rotatable bonds is 2. The summed E-state index contributed by atoms with van der Waals surface area (Å²) >= 11 is 0. The van der Waals surface area contributed by atoms with Crippen LogP contribution in [0.4, 0.5) is 0 Å². The van der Waals surface area contributed by atoms with Crippen LogP contribution in [-0.4, -0.2) is 11.3 Å². The third-order valence-electron chi connectivity index (χ3n) is 2.62. The summed E-state index contributed by atoms with van der Waals surface area (Å²) in [7, 11) is 0. The lowest BCUT2D eigenvalue weighted by Gasteiger charge is -2.08. The van der Waals surface area contributed by atoms with E-state index >= 15 is 0 Å². The summed E-state index contributed by atoms with van der Waals surface area (Å²) in [5, 5.41) is 0. The highest BCUT2D eigenvalue weighted by atomic mass is 16.3. The fourth-order valence-electron chi connectivity index (χ4n) is 2.08. The molecule has 2 rings (SSSR count). The molecule has 1 aromatic carbocycles. The summed E-state index contributed by atoms with van der Waals surface area (Å²) in [6, 6.07) is 4.15. The fraction of sp³-hybridized carbons (Fsp3) is 0.231. The van der Waals surface area contributed by atoms with Crippen molar-refractivity contribution in [1.82, 2.24) is 4.98 Å². The van der Waals surface area contributed by atoms with E-state index in [1.807, 2.05) is 20.8 Å². The molecule has 3 heteroatoms. The van der Waals surface area contributed by atoms with Crippen molar-refractivity contribution in [2.24, 2.45) is 0 Å². The maximum Gasteiger partial charge on any atom is 0.194 e. The lowest BCUT2D eigenvalue weighted by atomic mass is 9.97. The van der Waals surface area contributed by atoms with Gasteiger partial charge in [0.1, 0.15) is 5.69 Å². The number of benzene rings is 1. The van der Waals surface area contributed by atoms with Crippen molar-refractivity contribution in [3.05, 3.63) is 41.0 Å². The number of hydrogen-bond donors (Lipinski definition) is 0. The van der Waals surface area contributed by atoms with Crippen LogP contribution in [0.2, 0.25) is 0 Å². The van der Waals surface area contributed by atoms with E-state index in [4.69, 9.17) is 4.42 Å². The molecule has 0 saturated carbocycles. The van der Waals surface area contributed by atoms with E-state index in [0.29, 0.717) is 12.0 Å². The minimum Gasteiger partial charge on any atom is -0.440 e. The quantitative estimate of drug-likeness (QED) is 0.723. The Labute approximate surface area is 94.1 Å². The van der Waals surface area contributed by atoms with E-state index in [1.54, 1.807) is 0 Å². The van der Waals surface area contributed by atoms with Gasteiger partial charge in [-0.25, -0.2) is 4.98 Å². The molecule has 0 bridgehead atoms. The standard InChI is InChI=1S/C13H13NO2/c1-8-4-9(2)12(10(3)5-8)13-11(6-15)16-7-14-13/h4-7H,1-3H3. The van der Waals surface area contributed by atoms with Gasteiger partial charge in [-0.2, -0.15) is 0 Å². The van der Waals surface area contributed by atoms with Crippen LogP contribution < -0.4 is 0 Å². The highest BCUT2D eigenvalue weighted by molar-refractivity contribution is 5.84. The van der Waals surface area contributed by atoms with E-state index in [-0.39, 0.29) is 5.76 Å². The molecule has 1 heterocycles. The van der Waals surface area contributed by atoms with Gasteiger partial charge >= 0.3 is 0 Å². The van der Waals surface area contributed by atoms with Crippen LogP contribution in [0.25, 0.3) is 11.3 Å². The molecule has 1 aromatic heterocycles. The first kappa shape index (κ1) is 10.6. The first-order valence-electron chi connectivity index (χ1n) is 5.10. The van der Waals surface area contributed by atoms with Crippen LogP contribution >= 0.6 is 0 Å². The molecule has 0 aliphatic heterocycles. The van der Waals surface area contributed by atoms with Gasteiger partial charge in [0.2, 0.25) is 0 Å². The van der Waals surface area contributed by atoms with Gasteiger partial charge in [0.15, 0.2) is 18.4 Å². The Morgan fingerprint density at radius 2 is 1.81 bits per heavy atom. The highest BCUT2D eigenvalue weighted by Gasteiger charge is 2.14. The second kappa shape index (κ2) is 3.93. The second-order valence-corrected chi connectivity index (χ2v) is 3.96. The van der Waals surface area contributed by atoms with Crippen molar-refractivity contribution >= 4 is 6.29 Å². The molecule has 0 aliphatic carbocycles. The monoisotopic (exact) mass is 215 g/mol. The minimum atomic E-state index is 0.287. The Hall–Kier alpha value is -1.90. The second-order valence-electron chi connectivity index (χ2n) is 3.96. The largest absolute Gasteiger partial charge is 0.440 e. The van der Waals surface area contributed by atoms with Gasteiger partial charge in [-0.15, -0.1) is 0 Å². The number of hydrogen-bond acceptors (Lipinski definition) is 3. The summed E-state index contributed by atoms with van der Waals surface area (Å²) in [5.41, 5.74) is 5.03. The van der Waals surface area contributed by atoms with E-state index < -0.39 is 0 Å². The molecule has 3 nitrogen and oxygen atoms in total. The predicted octanol–water partition coefficient (Wildman–Crippen LogP) is 3.08. The number of aromatic nitrogens is 1. The van der Waals surface area contributed by atoms with E-state index in [9.17, 15) is 4.79 Å². The molecular weight excluding hydrogens is 202 g/mol. The normalized spacial score (nSPS) is 10.4. The van der Waals surface area contributed by atoms with Gasteiger partial charge in [-0.1, -0.05) is 17.7 Å². The SMILES string of the molecule is Cc1cc(C)c(-c2ncoc2C=O)c(C)c1. The Morgan fingerprint density at radius 1 is 1.19 bits per heavy atom. The molecule has 0 radical (unpaired) electrons. The number of oxazole rings is 1. The van der Waals surface area contributed by atoms with Crippen LogP contribution in [-0.2, 0) is 0 Å². The third-order valence-corrected chi connectivity index (χ3v) is 2.62. The van der Waals surface area contributed by atoms with Crippen LogP contribution in [0, 0.1) is 20.8 Å². The Morgan fingerprint density at radius 3 is 2.38 bits per heavy atom. The predicted molar refractivity (Wildman–Crippen MR) is 61.5 cm³/mol. The third kappa shape index (κ3) is 1.65. The van der Waals surface area contributed by atoms with Crippen LogP contribution in [0.15, 0.2) is 22.9 Å². The van der Waals surface area contributed by atoms with Crippen LogP contribution in [0.5, 0.6) is 0 Å². The molecule has 16 heavy (non-hydrogen) atoms. The average molecular weight is 215 g/mol. The summed E-state index contributed by atoms with van der Waals surface area (Å²) in [4.78, 5) is 14.9. The molecule has 0 atom stereocenters. The number of nitrogens with zero attached hydrogens (tertiary/aromatic N) is 1. The number of carbonyl (C=O) groups is 1. The Bertz CT molecular complexity index is 518. The van der Waals surface area contributed by atoms with Gasteiger partial charge in [0, 0.05) is 5.56 Å². The van der Waals surface area contributed by atoms with Crippen LogP contribution in [0.3, 0.4) is 0 Å². The maximum absolute atomic E-state index is 10.8. The molecule has 0 amide bonds. The van der Waals surface area contributed by atoms with Gasteiger partial charge in [-0.3, -0.25) is 4.79 Å². The van der Waals surface area contributed by atoms with Crippen molar-refractivity contribution in [2.75, 3.05) is 0 Å².